The lowest BCUT2D eigenvalue weighted by Crippen LogP contribution is -2.31. The summed E-state index contributed by atoms with van der Waals surface area (Å²) in [5, 5.41) is 1.87. The summed E-state index contributed by atoms with van der Waals surface area (Å²) in [6.45, 7) is -0.0853. The number of thioether (sulfide) groups is 1. The predicted octanol–water partition coefficient (Wildman–Crippen LogP) is 4.96. The molecule has 2 aromatic carbocycles. The molecule has 0 spiro atoms. The molecule has 0 saturated carbocycles. The number of carbonyl (C=O) groups is 2. The monoisotopic (exact) mass is 395 g/mol. The number of hydrogen-bond donors (Lipinski definition) is 0. The second kappa shape index (κ2) is 7.50. The molecule has 134 valence electrons. The van der Waals surface area contributed by atoms with Crippen LogP contribution >= 0.6 is 23.1 Å². The molecular weight excluding hydrogens is 381 g/mol. The van der Waals surface area contributed by atoms with E-state index in [9.17, 15) is 14.0 Å². The van der Waals surface area contributed by atoms with Crippen LogP contribution in [0.2, 0.25) is 0 Å². The average molecular weight is 395 g/mol. The number of nitrogens with zero attached hydrogens (tertiary/aromatic N) is 1. The van der Waals surface area contributed by atoms with Crippen LogP contribution in [-0.4, -0.2) is 16.7 Å². The Labute approximate surface area is 164 Å². The zero-order chi connectivity index (χ0) is 18.8. The lowest BCUT2D eigenvalue weighted by atomic mass is 10.2. The number of rotatable bonds is 5. The van der Waals surface area contributed by atoms with Crippen molar-refractivity contribution in [2.24, 2.45) is 0 Å². The minimum atomic E-state index is -0.431. The number of thiophene rings is 1. The Morgan fingerprint density at radius 2 is 1.63 bits per heavy atom. The van der Waals surface area contributed by atoms with Gasteiger partial charge in [-0.05, 0) is 29.6 Å². The van der Waals surface area contributed by atoms with E-state index in [1.807, 2.05) is 47.8 Å². The summed E-state index contributed by atoms with van der Waals surface area (Å²) in [5.41, 5.74) is 0.705. The molecule has 0 radical (unpaired) electrons. The second-order valence-electron chi connectivity index (χ2n) is 5.88. The number of amides is 2. The fourth-order valence-corrected chi connectivity index (χ4v) is 4.69. The summed E-state index contributed by atoms with van der Waals surface area (Å²) in [7, 11) is 0. The van der Waals surface area contributed by atoms with Gasteiger partial charge < -0.3 is 0 Å². The highest BCUT2D eigenvalue weighted by Gasteiger charge is 2.40. The van der Waals surface area contributed by atoms with Crippen molar-refractivity contribution in [1.82, 2.24) is 4.90 Å². The number of halogens is 1. The largest absolute Gasteiger partial charge is 0.269 e. The van der Waals surface area contributed by atoms with Gasteiger partial charge in [-0.3, -0.25) is 14.5 Å². The Morgan fingerprint density at radius 1 is 0.889 bits per heavy atom. The van der Waals surface area contributed by atoms with Crippen molar-refractivity contribution in [1.29, 1.82) is 0 Å². The maximum Gasteiger partial charge on any atom is 0.268 e. The maximum atomic E-state index is 14.0. The molecule has 6 heteroatoms. The Morgan fingerprint density at radius 3 is 2.33 bits per heavy atom. The summed E-state index contributed by atoms with van der Waals surface area (Å²) < 4.78 is 14.0. The Bertz CT molecular complexity index is 1030. The van der Waals surface area contributed by atoms with Crippen molar-refractivity contribution in [3.63, 3.8) is 0 Å². The Hall–Kier alpha value is -2.70. The molecule has 0 saturated heterocycles. The first-order valence-corrected chi connectivity index (χ1v) is 9.95. The van der Waals surface area contributed by atoms with Crippen LogP contribution in [-0.2, 0) is 16.1 Å². The highest BCUT2D eigenvalue weighted by atomic mass is 32.2. The summed E-state index contributed by atoms with van der Waals surface area (Å²) in [6.07, 6.45) is 0. The molecule has 0 N–H and O–H groups in total. The summed E-state index contributed by atoms with van der Waals surface area (Å²) >= 11 is 2.68. The molecular formula is C21H14FNO2S2. The SMILES string of the molecule is O=C1C(Sc2ccccc2)=C(c2cccs2)C(=O)N1Cc1ccccc1F. The Balaban J connectivity index is 1.72. The molecule has 2 heterocycles. The molecule has 1 aliphatic heterocycles. The van der Waals surface area contributed by atoms with Crippen LogP contribution in [0.5, 0.6) is 0 Å². The van der Waals surface area contributed by atoms with Crippen molar-refractivity contribution in [3.8, 4) is 0 Å². The lowest BCUT2D eigenvalue weighted by Gasteiger charge is -2.15. The van der Waals surface area contributed by atoms with Crippen molar-refractivity contribution in [2.75, 3.05) is 0 Å². The number of imide groups is 1. The number of carbonyl (C=O) groups excluding carboxylic acids is 2. The standard InChI is InChI=1S/C21H14FNO2S2/c22-16-10-5-4-7-14(16)13-23-20(24)18(17-11-6-12-26-17)19(21(23)25)27-15-8-2-1-3-9-15/h1-12H,13H2. The van der Waals surface area contributed by atoms with Gasteiger partial charge in [-0.15, -0.1) is 11.3 Å². The summed E-state index contributed by atoms with van der Waals surface area (Å²) in [6, 6.07) is 19.3. The van der Waals surface area contributed by atoms with Crippen LogP contribution in [0.1, 0.15) is 10.4 Å². The first-order chi connectivity index (χ1) is 13.1. The van der Waals surface area contributed by atoms with Gasteiger partial charge in [0.1, 0.15) is 5.82 Å². The van der Waals surface area contributed by atoms with Gasteiger partial charge in [-0.25, -0.2) is 4.39 Å². The zero-order valence-corrected chi connectivity index (χ0v) is 15.7. The third-order valence-electron chi connectivity index (χ3n) is 4.14. The van der Waals surface area contributed by atoms with Crippen LogP contribution < -0.4 is 0 Å². The predicted molar refractivity (Wildman–Crippen MR) is 105 cm³/mol. The molecule has 1 aliphatic rings. The van der Waals surface area contributed by atoms with E-state index in [2.05, 4.69) is 0 Å². The molecule has 0 aliphatic carbocycles. The molecule has 0 atom stereocenters. The van der Waals surface area contributed by atoms with Gasteiger partial charge in [0.2, 0.25) is 0 Å². The average Bonchev–Trinajstić information content (AvgIpc) is 3.27. The van der Waals surface area contributed by atoms with Crippen molar-refractivity contribution >= 4 is 40.5 Å². The minimum Gasteiger partial charge on any atom is -0.269 e. The van der Waals surface area contributed by atoms with E-state index >= 15 is 0 Å². The molecule has 27 heavy (non-hydrogen) atoms. The van der Waals surface area contributed by atoms with Gasteiger partial charge in [0.25, 0.3) is 11.8 Å². The van der Waals surface area contributed by atoms with Gasteiger partial charge in [0.05, 0.1) is 17.0 Å². The maximum absolute atomic E-state index is 14.0. The van der Waals surface area contributed by atoms with E-state index in [0.717, 1.165) is 14.7 Å². The second-order valence-corrected chi connectivity index (χ2v) is 7.92. The fourth-order valence-electron chi connectivity index (χ4n) is 2.83. The minimum absolute atomic E-state index is 0.0853. The fraction of sp³-hybridized carbons (Fsp3) is 0.0476. The molecule has 0 unspecified atom stereocenters. The lowest BCUT2D eigenvalue weighted by molar-refractivity contribution is -0.137. The molecule has 0 bridgehead atoms. The van der Waals surface area contributed by atoms with E-state index in [1.54, 1.807) is 18.2 Å². The van der Waals surface area contributed by atoms with Gasteiger partial charge in [-0.2, -0.15) is 0 Å². The van der Waals surface area contributed by atoms with Crippen molar-refractivity contribution in [3.05, 3.63) is 93.3 Å². The summed E-state index contributed by atoms with van der Waals surface area (Å²) in [5.74, 6) is -1.20. The quantitative estimate of drug-likeness (QED) is 0.573. The molecule has 2 amide bonds. The van der Waals surface area contributed by atoms with Gasteiger partial charge in [0.15, 0.2) is 0 Å². The third kappa shape index (κ3) is 3.46. The van der Waals surface area contributed by atoms with Crippen LogP contribution in [0.15, 0.2) is 81.9 Å². The van der Waals surface area contributed by atoms with Crippen molar-refractivity contribution in [2.45, 2.75) is 11.4 Å². The zero-order valence-electron chi connectivity index (χ0n) is 14.1. The molecule has 3 nitrogen and oxygen atoms in total. The van der Waals surface area contributed by atoms with Crippen LogP contribution in [0.3, 0.4) is 0 Å². The highest BCUT2D eigenvalue weighted by molar-refractivity contribution is 8.04. The van der Waals surface area contributed by atoms with E-state index in [4.69, 9.17) is 0 Å². The molecule has 0 fully saturated rings. The Kier molecular flexibility index (Phi) is 4.92. The van der Waals surface area contributed by atoms with Gasteiger partial charge >= 0.3 is 0 Å². The van der Waals surface area contributed by atoms with E-state index < -0.39 is 5.82 Å². The van der Waals surface area contributed by atoms with Crippen LogP contribution in [0.4, 0.5) is 4.39 Å². The van der Waals surface area contributed by atoms with E-state index in [1.165, 1.54) is 29.2 Å². The number of hydrogen-bond acceptors (Lipinski definition) is 4. The molecule has 1 aromatic heterocycles. The van der Waals surface area contributed by atoms with Gasteiger partial charge in [0, 0.05) is 15.3 Å². The van der Waals surface area contributed by atoms with Crippen LogP contribution in [0.25, 0.3) is 5.57 Å². The molecule has 3 aromatic rings. The first-order valence-electron chi connectivity index (χ1n) is 8.26. The van der Waals surface area contributed by atoms with E-state index in [-0.39, 0.29) is 18.4 Å². The smallest absolute Gasteiger partial charge is 0.268 e. The normalized spacial score (nSPS) is 14.3. The molecule has 4 rings (SSSR count). The highest BCUT2D eigenvalue weighted by Crippen LogP contribution is 2.41. The third-order valence-corrected chi connectivity index (χ3v) is 6.12. The van der Waals surface area contributed by atoms with Gasteiger partial charge in [-0.1, -0.05) is 54.2 Å². The first kappa shape index (κ1) is 17.7. The number of benzene rings is 2. The van der Waals surface area contributed by atoms with E-state index in [0.29, 0.717) is 16.0 Å². The summed E-state index contributed by atoms with van der Waals surface area (Å²) in [4.78, 5) is 29.2. The topological polar surface area (TPSA) is 37.4 Å². The van der Waals surface area contributed by atoms with Crippen LogP contribution in [0, 0.1) is 5.82 Å². The van der Waals surface area contributed by atoms with Crippen molar-refractivity contribution < 1.29 is 14.0 Å².